The highest BCUT2D eigenvalue weighted by Gasteiger charge is 2.26. The van der Waals surface area contributed by atoms with E-state index in [1.807, 2.05) is 49.6 Å². The van der Waals surface area contributed by atoms with E-state index in [4.69, 9.17) is 0 Å². The minimum Gasteiger partial charge on any atom is -0.317 e. The fourth-order valence-corrected chi connectivity index (χ4v) is 6.03. The van der Waals surface area contributed by atoms with Gasteiger partial charge in [-0.3, -0.25) is 4.68 Å². The van der Waals surface area contributed by atoms with Gasteiger partial charge in [0.25, 0.3) is 0 Å². The third kappa shape index (κ3) is 6.41. The van der Waals surface area contributed by atoms with Gasteiger partial charge in [0.15, 0.2) is 0 Å². The summed E-state index contributed by atoms with van der Waals surface area (Å²) in [7, 11) is 1.93. The van der Waals surface area contributed by atoms with E-state index in [0.29, 0.717) is 6.54 Å². The molecule has 2 amide bonds. The molecule has 8 heteroatoms. The molecule has 1 aromatic carbocycles. The highest BCUT2D eigenvalue weighted by molar-refractivity contribution is 7.99. The van der Waals surface area contributed by atoms with Gasteiger partial charge < -0.3 is 10.2 Å². The lowest BCUT2D eigenvalue weighted by Crippen LogP contribution is -2.42. The van der Waals surface area contributed by atoms with Crippen molar-refractivity contribution >= 4 is 35.2 Å². The zero-order valence-corrected chi connectivity index (χ0v) is 22.7. The Bertz CT molecular complexity index is 1110. The molecule has 186 valence electrons. The number of thioether (sulfide) groups is 2. The number of aryl methyl sites for hydroxylation is 2. The minimum atomic E-state index is -0.0375. The highest BCUT2D eigenvalue weighted by Crippen LogP contribution is 2.34. The zero-order valence-electron chi connectivity index (χ0n) is 21.1. The van der Waals surface area contributed by atoms with Gasteiger partial charge in [-0.25, -0.2) is 9.78 Å². The Kier molecular flexibility index (Phi) is 8.78. The van der Waals surface area contributed by atoms with E-state index in [0.717, 1.165) is 50.8 Å². The van der Waals surface area contributed by atoms with Crippen molar-refractivity contribution in [1.29, 1.82) is 0 Å². The number of pyridine rings is 1. The van der Waals surface area contributed by atoms with Gasteiger partial charge in [-0.05, 0) is 49.5 Å². The Morgan fingerprint density at radius 2 is 1.80 bits per heavy atom. The Labute approximate surface area is 217 Å². The van der Waals surface area contributed by atoms with Gasteiger partial charge in [0.2, 0.25) is 0 Å². The Balaban J connectivity index is 1.59. The summed E-state index contributed by atoms with van der Waals surface area (Å²) in [5.41, 5.74) is 5.15. The maximum Gasteiger partial charge on any atom is 0.322 e. The molecule has 0 saturated heterocycles. The normalized spacial score (nSPS) is 14.5. The molecule has 4 rings (SSSR count). The van der Waals surface area contributed by atoms with E-state index in [-0.39, 0.29) is 12.1 Å². The van der Waals surface area contributed by atoms with Gasteiger partial charge in [0.1, 0.15) is 5.03 Å². The molecular weight excluding hydrogens is 474 g/mol. The first-order valence-corrected chi connectivity index (χ1v) is 14.7. The van der Waals surface area contributed by atoms with Crippen LogP contribution >= 0.6 is 23.5 Å². The predicted octanol–water partition coefficient (Wildman–Crippen LogP) is 6.99. The number of hydrogen-bond acceptors (Lipinski definition) is 5. The van der Waals surface area contributed by atoms with Crippen molar-refractivity contribution in [3.63, 3.8) is 0 Å². The van der Waals surface area contributed by atoms with Crippen molar-refractivity contribution in [2.75, 3.05) is 17.8 Å². The summed E-state index contributed by atoms with van der Waals surface area (Å²) in [4.78, 5) is 21.6. The summed E-state index contributed by atoms with van der Waals surface area (Å²) < 4.78 is 1.81. The quantitative estimate of drug-likeness (QED) is 0.275. The molecule has 0 radical (unpaired) electrons. The number of aromatic nitrogens is 3. The van der Waals surface area contributed by atoms with Crippen LogP contribution < -0.4 is 5.32 Å². The van der Waals surface area contributed by atoms with E-state index >= 15 is 0 Å². The number of rotatable bonds is 7. The molecule has 1 N–H and O–H groups in total. The molecule has 0 atom stereocenters. The van der Waals surface area contributed by atoms with Crippen LogP contribution in [0.1, 0.15) is 49.8 Å². The predicted molar refractivity (Wildman–Crippen MR) is 147 cm³/mol. The molecule has 0 bridgehead atoms. The van der Waals surface area contributed by atoms with Crippen LogP contribution in [0.25, 0.3) is 11.1 Å². The average molecular weight is 510 g/mol. The number of amides is 2. The van der Waals surface area contributed by atoms with Crippen molar-refractivity contribution in [2.45, 2.75) is 68.0 Å². The SMILES string of the molecule is CSc1cc(C)nc(SC)c1NC(=O)N(Cc1ccc(-c2cnn(C)c2)cc1)C1CCCCCC1. The van der Waals surface area contributed by atoms with Crippen molar-refractivity contribution in [3.05, 3.63) is 54.0 Å². The first-order chi connectivity index (χ1) is 17.0. The molecule has 6 nitrogen and oxygen atoms in total. The van der Waals surface area contributed by atoms with Crippen molar-refractivity contribution in [1.82, 2.24) is 19.7 Å². The summed E-state index contributed by atoms with van der Waals surface area (Å²) >= 11 is 3.22. The molecule has 0 aliphatic heterocycles. The molecule has 1 aliphatic carbocycles. The molecular formula is C27H35N5OS2. The van der Waals surface area contributed by atoms with Crippen molar-refractivity contribution < 1.29 is 4.79 Å². The number of anilines is 1. The van der Waals surface area contributed by atoms with Crippen LogP contribution in [0.3, 0.4) is 0 Å². The second-order valence-corrected chi connectivity index (χ2v) is 10.8. The van der Waals surface area contributed by atoms with Crippen LogP contribution in [-0.2, 0) is 13.6 Å². The largest absolute Gasteiger partial charge is 0.322 e. The van der Waals surface area contributed by atoms with E-state index in [1.54, 1.807) is 23.5 Å². The van der Waals surface area contributed by atoms with Crippen molar-refractivity contribution in [2.24, 2.45) is 7.05 Å². The van der Waals surface area contributed by atoms with E-state index in [9.17, 15) is 4.79 Å². The van der Waals surface area contributed by atoms with Gasteiger partial charge >= 0.3 is 6.03 Å². The average Bonchev–Trinajstić information content (AvgIpc) is 3.12. The topological polar surface area (TPSA) is 63.1 Å². The molecule has 0 spiro atoms. The van der Waals surface area contributed by atoms with E-state index in [2.05, 4.69) is 44.6 Å². The molecule has 2 aromatic heterocycles. The second kappa shape index (κ2) is 12.0. The van der Waals surface area contributed by atoms with Crippen LogP contribution in [0.15, 0.2) is 52.6 Å². The Morgan fingerprint density at radius 1 is 1.09 bits per heavy atom. The molecule has 1 aliphatic rings. The summed E-state index contributed by atoms with van der Waals surface area (Å²) in [6.07, 6.45) is 14.9. The fourth-order valence-electron chi connectivity index (χ4n) is 4.72. The standard InChI is InChI=1S/C27H35N5OS2/c1-19-15-24(34-3)25(26(29-19)35-4)30-27(33)32(23-9-7-5-6-8-10-23)17-20-11-13-21(14-12-20)22-16-28-31(2)18-22/h11-16,18,23H,5-10,17H2,1-4H3,(H,30,33). The van der Waals surface area contributed by atoms with Gasteiger partial charge in [0.05, 0.1) is 11.9 Å². The summed E-state index contributed by atoms with van der Waals surface area (Å²) in [5, 5.41) is 8.40. The maximum absolute atomic E-state index is 13.8. The monoisotopic (exact) mass is 509 g/mol. The van der Waals surface area contributed by atoms with Crippen LogP contribution in [0.2, 0.25) is 0 Å². The maximum atomic E-state index is 13.8. The third-order valence-electron chi connectivity index (χ3n) is 6.59. The highest BCUT2D eigenvalue weighted by atomic mass is 32.2. The Morgan fingerprint density at radius 3 is 2.40 bits per heavy atom. The van der Waals surface area contributed by atoms with Crippen LogP contribution in [0.4, 0.5) is 10.5 Å². The second-order valence-electron chi connectivity index (χ2n) is 9.15. The molecule has 0 unspecified atom stereocenters. The smallest absolute Gasteiger partial charge is 0.317 e. The first kappa shape index (κ1) is 25.6. The summed E-state index contributed by atoms with van der Waals surface area (Å²) in [5.74, 6) is 0. The third-order valence-corrected chi connectivity index (χ3v) is 8.04. The Hall–Kier alpha value is -2.45. The molecule has 1 saturated carbocycles. The summed E-state index contributed by atoms with van der Waals surface area (Å²) in [6.45, 7) is 2.59. The lowest BCUT2D eigenvalue weighted by atomic mass is 10.0. The summed E-state index contributed by atoms with van der Waals surface area (Å²) in [6, 6.07) is 10.8. The number of carbonyl (C=O) groups is 1. The molecule has 3 aromatic rings. The van der Waals surface area contributed by atoms with Crippen LogP contribution in [0, 0.1) is 6.92 Å². The van der Waals surface area contributed by atoms with Crippen molar-refractivity contribution in [3.8, 4) is 11.1 Å². The van der Waals surface area contributed by atoms with Crippen LogP contribution in [-0.4, -0.2) is 44.2 Å². The van der Waals surface area contributed by atoms with Gasteiger partial charge in [-0.2, -0.15) is 5.10 Å². The van der Waals surface area contributed by atoms with Crippen LogP contribution in [0.5, 0.6) is 0 Å². The first-order valence-electron chi connectivity index (χ1n) is 12.2. The number of carbonyl (C=O) groups excluding carboxylic acids is 1. The van der Waals surface area contributed by atoms with Gasteiger partial charge in [0, 0.05) is 42.0 Å². The zero-order chi connectivity index (χ0) is 24.8. The molecule has 2 heterocycles. The number of benzene rings is 1. The van der Waals surface area contributed by atoms with Gasteiger partial charge in [-0.15, -0.1) is 23.5 Å². The van der Waals surface area contributed by atoms with Gasteiger partial charge in [-0.1, -0.05) is 49.9 Å². The number of nitrogens with one attached hydrogen (secondary N) is 1. The fraction of sp³-hybridized carbons (Fsp3) is 0.444. The van der Waals surface area contributed by atoms with E-state index < -0.39 is 0 Å². The number of urea groups is 1. The number of nitrogens with zero attached hydrogens (tertiary/aromatic N) is 4. The molecule has 1 fully saturated rings. The molecule has 35 heavy (non-hydrogen) atoms. The van der Waals surface area contributed by atoms with E-state index in [1.165, 1.54) is 25.7 Å². The number of hydrogen-bond donors (Lipinski definition) is 1. The minimum absolute atomic E-state index is 0.0375. The lowest BCUT2D eigenvalue weighted by Gasteiger charge is -2.32. The lowest BCUT2D eigenvalue weighted by molar-refractivity contribution is 0.175.